The lowest BCUT2D eigenvalue weighted by Gasteiger charge is -2.45. The molecule has 0 aromatic rings. The molecule has 0 radical (unpaired) electrons. The summed E-state index contributed by atoms with van der Waals surface area (Å²) in [7, 11) is 0. The molecule has 0 atom stereocenters. The third kappa shape index (κ3) is 16.4. The van der Waals surface area contributed by atoms with Gasteiger partial charge < -0.3 is 30.2 Å². The summed E-state index contributed by atoms with van der Waals surface area (Å²) in [5.74, 6) is -5.03. The van der Waals surface area contributed by atoms with Crippen LogP contribution in [0.2, 0.25) is 0 Å². The van der Waals surface area contributed by atoms with Crippen LogP contribution in [0.4, 0.5) is 0 Å². The first kappa shape index (κ1) is 37.3. The molecule has 10 nitrogen and oxygen atoms in total. The van der Waals surface area contributed by atoms with Crippen LogP contribution in [0.1, 0.15) is 91.9 Å². The number of carboxylic acids is 4. The SMILES string of the molecule is CCCC1(CCC)CCC2(CCN(CCCN(CC)CC)C2)CC1.O=C(O)/C=C/C(=O)O.O=C(O)/C=C/C(=O)O. The number of hydrogen-bond donors (Lipinski definition) is 4. The second-order valence-corrected chi connectivity index (χ2v) is 10.9. The molecule has 230 valence electrons. The van der Waals surface area contributed by atoms with Crippen LogP contribution in [0.15, 0.2) is 24.3 Å². The molecule has 40 heavy (non-hydrogen) atoms. The molecule has 2 fully saturated rings. The lowest BCUT2D eigenvalue weighted by atomic mass is 9.60. The molecule has 1 spiro atoms. The van der Waals surface area contributed by atoms with Crippen LogP contribution in [0, 0.1) is 10.8 Å². The van der Waals surface area contributed by atoms with E-state index in [0.29, 0.717) is 35.1 Å². The molecule has 1 saturated heterocycles. The second-order valence-electron chi connectivity index (χ2n) is 10.9. The van der Waals surface area contributed by atoms with E-state index in [1.54, 1.807) is 0 Å². The maximum absolute atomic E-state index is 9.55. The van der Waals surface area contributed by atoms with E-state index in [1.165, 1.54) is 103 Å². The summed E-state index contributed by atoms with van der Waals surface area (Å²) in [5.41, 5.74) is 1.41. The summed E-state index contributed by atoms with van der Waals surface area (Å²) in [4.78, 5) is 43.6. The molecule has 1 aliphatic heterocycles. The molecular formula is C30H52N2O8. The van der Waals surface area contributed by atoms with Crippen molar-refractivity contribution in [3.8, 4) is 0 Å². The first-order valence-electron chi connectivity index (χ1n) is 14.6. The third-order valence-corrected chi connectivity index (χ3v) is 8.03. The lowest BCUT2D eigenvalue weighted by molar-refractivity contribution is -0.134. The molecule has 2 rings (SSSR count). The second kappa shape index (κ2) is 20.2. The summed E-state index contributed by atoms with van der Waals surface area (Å²) < 4.78 is 0. The van der Waals surface area contributed by atoms with E-state index in [-0.39, 0.29) is 0 Å². The fourth-order valence-electron chi connectivity index (χ4n) is 5.97. The highest BCUT2D eigenvalue weighted by molar-refractivity contribution is 5.90. The van der Waals surface area contributed by atoms with E-state index < -0.39 is 23.9 Å². The summed E-state index contributed by atoms with van der Waals surface area (Å²) in [6.45, 7) is 17.1. The number of likely N-dealkylation sites (tertiary alicyclic amines) is 1. The van der Waals surface area contributed by atoms with Gasteiger partial charge in [0.1, 0.15) is 0 Å². The number of aliphatic carboxylic acids is 4. The Kier molecular flexibility index (Phi) is 18.8. The Hall–Kier alpha value is -2.72. The van der Waals surface area contributed by atoms with Gasteiger partial charge in [0, 0.05) is 30.8 Å². The van der Waals surface area contributed by atoms with Gasteiger partial charge in [0.25, 0.3) is 0 Å². The fraction of sp³-hybridized carbons (Fsp3) is 0.733. The van der Waals surface area contributed by atoms with Crippen molar-refractivity contribution in [3.63, 3.8) is 0 Å². The van der Waals surface area contributed by atoms with Crippen LogP contribution in [0.5, 0.6) is 0 Å². The molecule has 0 aromatic heterocycles. The van der Waals surface area contributed by atoms with Gasteiger partial charge in [-0.1, -0.05) is 40.5 Å². The minimum Gasteiger partial charge on any atom is -0.478 e. The molecule has 0 amide bonds. The van der Waals surface area contributed by atoms with Crippen LogP contribution in [-0.2, 0) is 19.2 Å². The largest absolute Gasteiger partial charge is 0.478 e. The van der Waals surface area contributed by atoms with Crippen LogP contribution in [0.25, 0.3) is 0 Å². The van der Waals surface area contributed by atoms with E-state index in [9.17, 15) is 19.2 Å². The third-order valence-electron chi connectivity index (χ3n) is 8.03. The van der Waals surface area contributed by atoms with Gasteiger partial charge in [-0.05, 0) is 94.9 Å². The van der Waals surface area contributed by atoms with Gasteiger partial charge in [0.2, 0.25) is 0 Å². The molecule has 0 bridgehead atoms. The highest BCUT2D eigenvalue weighted by Gasteiger charge is 2.44. The van der Waals surface area contributed by atoms with Gasteiger partial charge in [-0.15, -0.1) is 0 Å². The van der Waals surface area contributed by atoms with Crippen molar-refractivity contribution in [3.05, 3.63) is 24.3 Å². The summed E-state index contributed by atoms with van der Waals surface area (Å²) >= 11 is 0. The first-order valence-corrected chi connectivity index (χ1v) is 14.6. The van der Waals surface area contributed by atoms with Crippen LogP contribution in [-0.4, -0.2) is 93.4 Å². The molecule has 2 aliphatic rings. The van der Waals surface area contributed by atoms with Gasteiger partial charge >= 0.3 is 23.9 Å². The Balaban J connectivity index is 0.000000780. The van der Waals surface area contributed by atoms with Gasteiger partial charge in [-0.25, -0.2) is 19.2 Å². The normalized spacial score (nSPS) is 17.8. The van der Waals surface area contributed by atoms with Crippen molar-refractivity contribution in [2.75, 3.05) is 39.3 Å². The predicted molar refractivity (Wildman–Crippen MR) is 155 cm³/mol. The Morgan fingerprint density at radius 3 is 1.48 bits per heavy atom. The van der Waals surface area contributed by atoms with Crippen LogP contribution < -0.4 is 0 Å². The zero-order valence-corrected chi connectivity index (χ0v) is 24.9. The first-order chi connectivity index (χ1) is 18.9. The molecule has 4 N–H and O–H groups in total. The van der Waals surface area contributed by atoms with Gasteiger partial charge in [0.15, 0.2) is 0 Å². The molecule has 10 heteroatoms. The van der Waals surface area contributed by atoms with Crippen molar-refractivity contribution in [1.29, 1.82) is 0 Å². The quantitative estimate of drug-likeness (QED) is 0.210. The van der Waals surface area contributed by atoms with Crippen molar-refractivity contribution in [1.82, 2.24) is 9.80 Å². The zero-order valence-electron chi connectivity index (χ0n) is 24.9. The van der Waals surface area contributed by atoms with Crippen LogP contribution in [0.3, 0.4) is 0 Å². The topological polar surface area (TPSA) is 156 Å². The standard InChI is InChI=1S/C22H44N2.2C4H4O4/c1-5-10-21(11-6-2)12-14-22(15-13-21)16-19-24(20-22)18-9-17-23(7-3)8-4;2*5-3(6)1-2-4(7)8/h5-20H2,1-4H3;2*1-2H,(H,5,6)(H,7,8)/b;2*2-1+. The number of rotatable bonds is 14. The zero-order chi connectivity index (χ0) is 30.6. The van der Waals surface area contributed by atoms with Crippen molar-refractivity contribution < 1.29 is 39.6 Å². The average molecular weight is 569 g/mol. The minimum absolute atomic E-state index is 0.558. The number of carboxylic acid groups (broad SMARTS) is 4. The molecule has 0 aromatic carbocycles. The van der Waals surface area contributed by atoms with Crippen molar-refractivity contribution in [2.24, 2.45) is 10.8 Å². The number of nitrogens with zero attached hydrogens (tertiary/aromatic N) is 2. The minimum atomic E-state index is -1.26. The van der Waals surface area contributed by atoms with E-state index in [0.717, 1.165) is 0 Å². The van der Waals surface area contributed by atoms with E-state index >= 15 is 0 Å². The van der Waals surface area contributed by atoms with Crippen molar-refractivity contribution >= 4 is 23.9 Å². The molecule has 1 aliphatic carbocycles. The molecule has 1 saturated carbocycles. The number of carbonyl (C=O) groups is 4. The Labute approximate surface area is 239 Å². The summed E-state index contributed by atoms with van der Waals surface area (Å²) in [6, 6.07) is 0. The summed E-state index contributed by atoms with van der Waals surface area (Å²) in [5, 5.41) is 31.2. The van der Waals surface area contributed by atoms with Gasteiger partial charge in [-0.2, -0.15) is 0 Å². The number of hydrogen-bond acceptors (Lipinski definition) is 6. The summed E-state index contributed by atoms with van der Waals surface area (Å²) in [6.07, 6.45) is 16.8. The maximum Gasteiger partial charge on any atom is 0.328 e. The fourth-order valence-corrected chi connectivity index (χ4v) is 5.97. The molecule has 1 heterocycles. The average Bonchev–Trinajstić information content (AvgIpc) is 3.30. The highest BCUT2D eigenvalue weighted by atomic mass is 16.4. The van der Waals surface area contributed by atoms with E-state index in [4.69, 9.17) is 20.4 Å². The van der Waals surface area contributed by atoms with Crippen molar-refractivity contribution in [2.45, 2.75) is 91.9 Å². The van der Waals surface area contributed by atoms with E-state index in [1.807, 2.05) is 0 Å². The van der Waals surface area contributed by atoms with Crippen LogP contribution >= 0.6 is 0 Å². The predicted octanol–water partition coefficient (Wildman–Crippen LogP) is 4.99. The molecular weight excluding hydrogens is 516 g/mol. The molecule has 0 unspecified atom stereocenters. The Morgan fingerprint density at radius 1 is 0.700 bits per heavy atom. The smallest absolute Gasteiger partial charge is 0.328 e. The van der Waals surface area contributed by atoms with Gasteiger partial charge in [-0.3, -0.25) is 0 Å². The van der Waals surface area contributed by atoms with Gasteiger partial charge in [0.05, 0.1) is 0 Å². The van der Waals surface area contributed by atoms with E-state index in [2.05, 4.69) is 37.5 Å². The lowest BCUT2D eigenvalue weighted by Crippen LogP contribution is -2.37. The Bertz CT molecular complexity index is 754. The maximum atomic E-state index is 9.55. The monoisotopic (exact) mass is 568 g/mol. The Morgan fingerprint density at radius 2 is 1.12 bits per heavy atom. The highest BCUT2D eigenvalue weighted by Crippen LogP contribution is 2.53.